The Balaban J connectivity index is 2.03. The van der Waals surface area contributed by atoms with Crippen LogP contribution in [-0.2, 0) is 0 Å². The number of aromatic nitrogens is 4. The fourth-order valence-corrected chi connectivity index (χ4v) is 2.64. The van der Waals surface area contributed by atoms with Crippen LogP contribution in [0.2, 0.25) is 5.02 Å². The first kappa shape index (κ1) is 13.1. The highest BCUT2D eigenvalue weighted by Crippen LogP contribution is 2.29. The van der Waals surface area contributed by atoms with Gasteiger partial charge < -0.3 is 5.11 Å². The molecule has 2 aromatic heterocycles. The number of aliphatic hydroxyl groups excluding tert-OH is 1. The van der Waals surface area contributed by atoms with Crippen molar-refractivity contribution in [2.75, 3.05) is 0 Å². The zero-order valence-corrected chi connectivity index (χ0v) is 12.0. The number of benzene rings is 1. The zero-order chi connectivity index (χ0) is 15.1. The molecule has 7 heteroatoms. The molecule has 0 saturated heterocycles. The van der Waals surface area contributed by atoms with E-state index in [4.69, 9.17) is 11.6 Å². The van der Waals surface area contributed by atoms with Gasteiger partial charge in [0, 0.05) is 35.4 Å². The van der Waals surface area contributed by atoms with Crippen molar-refractivity contribution in [3.8, 4) is 5.69 Å². The predicted octanol–water partition coefficient (Wildman–Crippen LogP) is 2.16. The molecule has 4 rings (SSSR count). The lowest BCUT2D eigenvalue weighted by atomic mass is 10.1. The topological polar surface area (TPSA) is 76.2 Å². The molecule has 3 aromatic rings. The number of halogens is 1. The van der Waals surface area contributed by atoms with Crippen molar-refractivity contribution in [2.24, 2.45) is 4.99 Å². The third-order valence-electron chi connectivity index (χ3n) is 3.40. The molecule has 0 radical (unpaired) electrons. The quantitative estimate of drug-likeness (QED) is 0.747. The van der Waals surface area contributed by atoms with Crippen LogP contribution in [0.1, 0.15) is 23.4 Å². The maximum atomic E-state index is 10.3. The Morgan fingerprint density at radius 3 is 2.73 bits per heavy atom. The molecule has 0 aliphatic carbocycles. The van der Waals surface area contributed by atoms with Gasteiger partial charge in [-0.1, -0.05) is 11.6 Å². The van der Waals surface area contributed by atoms with Gasteiger partial charge in [-0.25, -0.2) is 19.9 Å². The van der Waals surface area contributed by atoms with E-state index in [0.717, 1.165) is 11.3 Å². The second-order valence-corrected chi connectivity index (χ2v) is 5.18. The molecule has 1 aromatic carbocycles. The minimum absolute atomic E-state index is 0.427. The largest absolute Gasteiger partial charge is 0.365 e. The molecular formula is C15H10ClN5O. The van der Waals surface area contributed by atoms with E-state index in [1.54, 1.807) is 47.6 Å². The van der Waals surface area contributed by atoms with Crippen LogP contribution in [-0.4, -0.2) is 30.3 Å². The lowest BCUT2D eigenvalue weighted by Gasteiger charge is -2.10. The number of aliphatic imine (C=N–C) groups is 1. The van der Waals surface area contributed by atoms with Gasteiger partial charge in [-0.15, -0.1) is 0 Å². The summed E-state index contributed by atoms with van der Waals surface area (Å²) in [6.45, 7) is 0. The Labute approximate surface area is 130 Å². The first-order chi connectivity index (χ1) is 10.7. The van der Waals surface area contributed by atoms with Crippen molar-refractivity contribution in [1.82, 2.24) is 19.5 Å². The normalized spacial score (nSPS) is 16.5. The van der Waals surface area contributed by atoms with Crippen LogP contribution in [0.5, 0.6) is 0 Å². The number of nitrogens with zero attached hydrogens (tertiary/aromatic N) is 5. The molecule has 1 unspecified atom stereocenters. The summed E-state index contributed by atoms with van der Waals surface area (Å²) < 4.78 is 1.79. The van der Waals surface area contributed by atoms with Crippen molar-refractivity contribution < 1.29 is 5.11 Å². The second kappa shape index (κ2) is 5.01. The molecule has 1 N–H and O–H groups in total. The number of imidazole rings is 1. The van der Waals surface area contributed by atoms with Gasteiger partial charge in [0.2, 0.25) is 6.23 Å². The molecule has 0 bridgehead atoms. The summed E-state index contributed by atoms with van der Waals surface area (Å²) in [6.07, 6.45) is 5.56. The van der Waals surface area contributed by atoms with Crippen LogP contribution in [0.15, 0.2) is 54.0 Å². The zero-order valence-electron chi connectivity index (χ0n) is 11.3. The van der Waals surface area contributed by atoms with Gasteiger partial charge in [-0.3, -0.25) is 4.57 Å². The first-order valence-corrected chi connectivity index (χ1v) is 6.98. The van der Waals surface area contributed by atoms with E-state index in [0.29, 0.717) is 22.4 Å². The molecule has 1 atom stereocenters. The van der Waals surface area contributed by atoms with Crippen LogP contribution < -0.4 is 0 Å². The lowest BCUT2D eigenvalue weighted by molar-refractivity contribution is 0.177. The monoisotopic (exact) mass is 311 g/mol. The first-order valence-electron chi connectivity index (χ1n) is 6.61. The van der Waals surface area contributed by atoms with Crippen LogP contribution in [0.3, 0.4) is 0 Å². The molecule has 108 valence electrons. The highest BCUT2D eigenvalue weighted by Gasteiger charge is 2.25. The second-order valence-electron chi connectivity index (χ2n) is 4.74. The highest BCUT2D eigenvalue weighted by atomic mass is 35.5. The molecular weight excluding hydrogens is 302 g/mol. The van der Waals surface area contributed by atoms with E-state index >= 15 is 0 Å². The standard InChI is InChI=1S/C15H10ClN5O/c16-9-2-3-11-10(8-9)12(13-17-4-1-5-18-13)20-15(22)14-19-6-7-21(11)14/h1-8,15,22H. The predicted molar refractivity (Wildman–Crippen MR) is 81.2 cm³/mol. The SMILES string of the molecule is OC1N=C(c2ncccn2)c2cc(Cl)ccc2-n2ccnc21. The van der Waals surface area contributed by atoms with E-state index in [9.17, 15) is 5.11 Å². The van der Waals surface area contributed by atoms with Gasteiger partial charge >= 0.3 is 0 Å². The number of hydrogen-bond acceptors (Lipinski definition) is 5. The number of fused-ring (bicyclic) bond motifs is 3. The maximum absolute atomic E-state index is 10.3. The molecule has 0 spiro atoms. The molecule has 0 amide bonds. The minimum atomic E-state index is -1.10. The van der Waals surface area contributed by atoms with E-state index in [1.807, 2.05) is 6.07 Å². The molecule has 0 saturated carbocycles. The van der Waals surface area contributed by atoms with Gasteiger partial charge in [0.1, 0.15) is 5.71 Å². The van der Waals surface area contributed by atoms with E-state index in [-0.39, 0.29) is 0 Å². The van der Waals surface area contributed by atoms with Crippen molar-refractivity contribution in [3.05, 3.63) is 71.3 Å². The number of rotatable bonds is 1. The summed E-state index contributed by atoms with van der Waals surface area (Å²) in [7, 11) is 0. The average Bonchev–Trinajstić information content (AvgIpc) is 2.99. The summed E-state index contributed by atoms with van der Waals surface area (Å²) in [5.41, 5.74) is 2.05. The van der Waals surface area contributed by atoms with Crippen LogP contribution >= 0.6 is 11.6 Å². The maximum Gasteiger partial charge on any atom is 0.205 e. The van der Waals surface area contributed by atoms with Gasteiger partial charge in [0.05, 0.1) is 5.69 Å². The molecule has 22 heavy (non-hydrogen) atoms. The molecule has 1 aliphatic heterocycles. The van der Waals surface area contributed by atoms with Gasteiger partial charge in [0.15, 0.2) is 11.6 Å². The van der Waals surface area contributed by atoms with Crippen LogP contribution in [0.25, 0.3) is 5.69 Å². The van der Waals surface area contributed by atoms with E-state index < -0.39 is 6.23 Å². The van der Waals surface area contributed by atoms with Crippen molar-refractivity contribution >= 4 is 17.3 Å². The number of hydrogen-bond donors (Lipinski definition) is 1. The van der Waals surface area contributed by atoms with E-state index in [2.05, 4.69) is 19.9 Å². The summed E-state index contributed by atoms with van der Waals surface area (Å²) >= 11 is 6.14. The molecule has 6 nitrogen and oxygen atoms in total. The summed E-state index contributed by atoms with van der Waals surface area (Å²) in [6, 6.07) is 7.15. The van der Waals surface area contributed by atoms with Crippen molar-refractivity contribution in [3.63, 3.8) is 0 Å². The van der Waals surface area contributed by atoms with Crippen molar-refractivity contribution in [2.45, 2.75) is 6.23 Å². The third-order valence-corrected chi connectivity index (χ3v) is 3.64. The Kier molecular flexibility index (Phi) is 2.99. The van der Waals surface area contributed by atoms with Crippen molar-refractivity contribution in [1.29, 1.82) is 0 Å². The molecule has 3 heterocycles. The Bertz CT molecular complexity index is 875. The average molecular weight is 312 g/mol. The van der Waals surface area contributed by atoms with Crippen LogP contribution in [0, 0.1) is 0 Å². The minimum Gasteiger partial charge on any atom is -0.365 e. The number of aliphatic hydroxyl groups is 1. The summed E-state index contributed by atoms with van der Waals surface area (Å²) in [5, 5.41) is 10.9. The van der Waals surface area contributed by atoms with E-state index in [1.165, 1.54) is 0 Å². The van der Waals surface area contributed by atoms with Crippen LogP contribution in [0.4, 0.5) is 0 Å². The highest BCUT2D eigenvalue weighted by molar-refractivity contribution is 6.31. The molecule has 1 aliphatic rings. The lowest BCUT2D eigenvalue weighted by Crippen LogP contribution is -2.10. The summed E-state index contributed by atoms with van der Waals surface area (Å²) in [4.78, 5) is 17.0. The van der Waals surface area contributed by atoms with Gasteiger partial charge in [0.25, 0.3) is 0 Å². The van der Waals surface area contributed by atoms with Gasteiger partial charge in [-0.2, -0.15) is 0 Å². The third kappa shape index (κ3) is 2.01. The Morgan fingerprint density at radius 2 is 1.91 bits per heavy atom. The Morgan fingerprint density at radius 1 is 1.09 bits per heavy atom. The Hall–Kier alpha value is -2.57. The molecule has 0 fully saturated rings. The fourth-order valence-electron chi connectivity index (χ4n) is 2.47. The van der Waals surface area contributed by atoms with Gasteiger partial charge in [-0.05, 0) is 24.3 Å². The summed E-state index contributed by atoms with van der Waals surface area (Å²) in [5.74, 6) is 0.866. The fraction of sp³-hybridized carbons (Fsp3) is 0.0667. The smallest absolute Gasteiger partial charge is 0.205 e.